The standard InChI is InChI=1S/C50H61FO12Si/c1-32(2)64(33(3)4,34(5)6)63-43-40(30-55-28-36-20-12-8-13-21-36)59-50(46(58-35(7)52)44(43)56-29-37-22-14-9-15-23-37)60-41-31-57-47(51)45(62-49(54)39-26-18-11-19-27-39)42(41)61-48(53)38-24-16-10-17-25-38/h8-27,32-34,40-47,50H,28-31H2,1-7H3/t40-,41-,42+,43-,44+,45-,46+,47?,50-/m1/s1. The zero-order valence-corrected chi connectivity index (χ0v) is 38.6. The van der Waals surface area contributed by atoms with Gasteiger partial charge in [-0.25, -0.2) is 14.0 Å². The molecule has 0 amide bonds. The Kier molecular flexibility index (Phi) is 17.4. The van der Waals surface area contributed by atoms with E-state index < -0.39 is 88.2 Å². The van der Waals surface area contributed by atoms with E-state index in [9.17, 15) is 14.4 Å². The van der Waals surface area contributed by atoms with Gasteiger partial charge in [0.2, 0.25) is 14.7 Å². The second-order valence-electron chi connectivity index (χ2n) is 17.1. The van der Waals surface area contributed by atoms with Crippen molar-refractivity contribution < 1.29 is 61.1 Å². The second kappa shape index (κ2) is 22.9. The Bertz CT molecular complexity index is 2040. The van der Waals surface area contributed by atoms with Crippen molar-refractivity contribution in [2.75, 3.05) is 13.2 Å². The highest BCUT2D eigenvalue weighted by Crippen LogP contribution is 2.46. The van der Waals surface area contributed by atoms with Gasteiger partial charge in [-0.3, -0.25) is 4.79 Å². The quantitative estimate of drug-likeness (QED) is 0.0505. The van der Waals surface area contributed by atoms with Crippen molar-refractivity contribution >= 4 is 26.2 Å². The number of hydrogen-bond donors (Lipinski definition) is 0. The third kappa shape index (κ3) is 12.1. The first-order valence-electron chi connectivity index (χ1n) is 22.0. The van der Waals surface area contributed by atoms with Gasteiger partial charge in [0.1, 0.15) is 24.4 Å². The molecule has 344 valence electrons. The smallest absolute Gasteiger partial charge is 0.338 e. The molecule has 2 aliphatic heterocycles. The van der Waals surface area contributed by atoms with Crippen LogP contribution in [0.4, 0.5) is 4.39 Å². The molecule has 0 N–H and O–H groups in total. The van der Waals surface area contributed by atoms with E-state index in [0.717, 1.165) is 11.1 Å². The Hall–Kier alpha value is -4.80. The average Bonchev–Trinajstić information content (AvgIpc) is 3.28. The number of hydrogen-bond acceptors (Lipinski definition) is 12. The molecule has 2 saturated heterocycles. The van der Waals surface area contributed by atoms with Crippen LogP contribution in [-0.2, 0) is 60.3 Å². The third-order valence-electron chi connectivity index (χ3n) is 11.8. The van der Waals surface area contributed by atoms with E-state index in [0.29, 0.717) is 0 Å². The average molecular weight is 901 g/mol. The van der Waals surface area contributed by atoms with E-state index in [1.807, 2.05) is 60.7 Å². The summed E-state index contributed by atoms with van der Waals surface area (Å²) in [7, 11) is -2.73. The van der Waals surface area contributed by atoms with E-state index >= 15 is 4.39 Å². The van der Waals surface area contributed by atoms with E-state index in [4.69, 9.17) is 42.3 Å². The number of carbonyl (C=O) groups excluding carboxylic acids is 3. The molecule has 2 aliphatic rings. The fourth-order valence-corrected chi connectivity index (χ4v) is 14.4. The summed E-state index contributed by atoms with van der Waals surface area (Å²) in [6, 6.07) is 35.4. The van der Waals surface area contributed by atoms with Crippen molar-refractivity contribution in [3.63, 3.8) is 0 Å². The first-order chi connectivity index (χ1) is 30.8. The first kappa shape index (κ1) is 48.6. The molecular formula is C50H61FO12Si. The summed E-state index contributed by atoms with van der Waals surface area (Å²) in [5, 5.41) is 0. The van der Waals surface area contributed by atoms with Crippen molar-refractivity contribution in [2.45, 2.75) is 134 Å². The number of carbonyl (C=O) groups is 3. The lowest BCUT2D eigenvalue weighted by atomic mass is 9.97. The molecule has 14 heteroatoms. The molecule has 0 radical (unpaired) electrons. The van der Waals surface area contributed by atoms with Crippen LogP contribution in [-0.4, -0.2) is 94.8 Å². The van der Waals surface area contributed by atoms with Crippen LogP contribution < -0.4 is 0 Å². The minimum atomic E-state index is -2.73. The number of halogens is 1. The SMILES string of the molecule is CC(=O)O[C@@H]1[C@@H](O[C@@H]2COC(F)[C@H](OC(=O)c3ccccc3)[C@H]2OC(=O)c2ccccc2)O[C@H](COCc2ccccc2)[C@@H](O[Si](C(C)C)(C(C)C)C(C)C)[C@@H]1OCc1ccccc1. The molecule has 64 heavy (non-hydrogen) atoms. The summed E-state index contributed by atoms with van der Waals surface area (Å²) in [6.45, 7) is 14.2. The largest absolute Gasteiger partial charge is 0.454 e. The van der Waals surface area contributed by atoms with E-state index in [1.165, 1.54) is 19.1 Å². The summed E-state index contributed by atoms with van der Waals surface area (Å²) in [6.07, 6.45) is -12.3. The maximum Gasteiger partial charge on any atom is 0.338 e. The Morgan fingerprint density at radius 1 is 0.625 bits per heavy atom. The maximum absolute atomic E-state index is 16.0. The number of rotatable bonds is 19. The molecular weight excluding hydrogens is 840 g/mol. The molecule has 4 aromatic rings. The van der Waals surface area contributed by atoms with Gasteiger partial charge in [-0.15, -0.1) is 0 Å². The molecule has 12 nitrogen and oxygen atoms in total. The molecule has 2 heterocycles. The van der Waals surface area contributed by atoms with Gasteiger partial charge < -0.3 is 42.3 Å². The highest BCUT2D eigenvalue weighted by Gasteiger charge is 2.57. The number of ether oxygens (including phenoxy) is 8. The van der Waals surface area contributed by atoms with Crippen LogP contribution in [0.5, 0.6) is 0 Å². The first-order valence-corrected chi connectivity index (χ1v) is 24.1. The Morgan fingerprint density at radius 2 is 1.11 bits per heavy atom. The van der Waals surface area contributed by atoms with Crippen molar-refractivity contribution in [1.82, 2.24) is 0 Å². The second-order valence-corrected chi connectivity index (χ2v) is 22.5. The number of esters is 3. The Labute approximate surface area is 376 Å². The summed E-state index contributed by atoms with van der Waals surface area (Å²) in [4.78, 5) is 40.4. The fourth-order valence-electron chi connectivity index (χ4n) is 8.87. The van der Waals surface area contributed by atoms with Gasteiger partial charge in [0.25, 0.3) is 0 Å². The number of benzene rings is 4. The predicted molar refractivity (Wildman–Crippen MR) is 238 cm³/mol. The van der Waals surface area contributed by atoms with Gasteiger partial charge in [0, 0.05) is 6.92 Å². The molecule has 9 atom stereocenters. The molecule has 0 spiro atoms. The zero-order chi connectivity index (χ0) is 45.8. The molecule has 0 aliphatic carbocycles. The van der Waals surface area contributed by atoms with Crippen molar-refractivity contribution in [1.29, 1.82) is 0 Å². The summed E-state index contributed by atoms with van der Waals surface area (Å²) in [5.41, 5.74) is 2.56. The van der Waals surface area contributed by atoms with Crippen LogP contribution in [0.3, 0.4) is 0 Å². The molecule has 0 saturated carbocycles. The van der Waals surface area contributed by atoms with Crippen LogP contribution in [0.25, 0.3) is 0 Å². The van der Waals surface area contributed by atoms with Crippen LogP contribution in [0.15, 0.2) is 121 Å². The van der Waals surface area contributed by atoms with Gasteiger partial charge in [0.05, 0.1) is 37.6 Å². The minimum absolute atomic E-state index is 0.00757. The number of alkyl halides is 1. The molecule has 0 bridgehead atoms. The molecule has 1 unspecified atom stereocenters. The topological polar surface area (TPSA) is 134 Å². The zero-order valence-electron chi connectivity index (χ0n) is 37.6. The summed E-state index contributed by atoms with van der Waals surface area (Å²) in [5.74, 6) is -2.35. The van der Waals surface area contributed by atoms with Gasteiger partial charge in [0.15, 0.2) is 24.6 Å². The maximum atomic E-state index is 16.0. The van der Waals surface area contributed by atoms with Crippen molar-refractivity contribution in [2.24, 2.45) is 0 Å². The molecule has 2 fully saturated rings. The van der Waals surface area contributed by atoms with Crippen LogP contribution in [0.2, 0.25) is 16.6 Å². The lowest BCUT2D eigenvalue weighted by Gasteiger charge is -2.52. The third-order valence-corrected chi connectivity index (χ3v) is 17.9. The molecule has 6 rings (SSSR count). The highest BCUT2D eigenvalue weighted by atomic mass is 28.4. The lowest BCUT2D eigenvalue weighted by Crippen LogP contribution is -2.67. The molecule has 4 aromatic carbocycles. The fraction of sp³-hybridized carbons (Fsp3) is 0.460. The highest BCUT2D eigenvalue weighted by molar-refractivity contribution is 6.77. The Morgan fingerprint density at radius 3 is 1.61 bits per heavy atom. The van der Waals surface area contributed by atoms with E-state index in [2.05, 4.69) is 41.5 Å². The van der Waals surface area contributed by atoms with Gasteiger partial charge in [-0.1, -0.05) is 139 Å². The minimum Gasteiger partial charge on any atom is -0.454 e. The van der Waals surface area contributed by atoms with Gasteiger partial charge in [-0.2, -0.15) is 0 Å². The summed E-state index contributed by atoms with van der Waals surface area (Å²) < 4.78 is 73.8. The van der Waals surface area contributed by atoms with E-state index in [1.54, 1.807) is 48.5 Å². The van der Waals surface area contributed by atoms with Gasteiger partial charge in [-0.05, 0) is 52.0 Å². The van der Waals surface area contributed by atoms with Crippen molar-refractivity contribution in [3.8, 4) is 0 Å². The normalized spacial score (nSPS) is 25.0. The van der Waals surface area contributed by atoms with E-state index in [-0.39, 0.29) is 47.6 Å². The van der Waals surface area contributed by atoms with Gasteiger partial charge >= 0.3 is 17.9 Å². The lowest BCUT2D eigenvalue weighted by molar-refractivity contribution is -0.340. The monoisotopic (exact) mass is 900 g/mol. The predicted octanol–water partition coefficient (Wildman–Crippen LogP) is 9.17. The van der Waals surface area contributed by atoms with Crippen LogP contribution in [0, 0.1) is 0 Å². The summed E-state index contributed by atoms with van der Waals surface area (Å²) >= 11 is 0. The van der Waals surface area contributed by atoms with Crippen LogP contribution in [0.1, 0.15) is 80.3 Å². The van der Waals surface area contributed by atoms with Crippen LogP contribution >= 0.6 is 0 Å². The Balaban J connectivity index is 1.41. The molecule has 0 aromatic heterocycles. The van der Waals surface area contributed by atoms with Crippen molar-refractivity contribution in [3.05, 3.63) is 144 Å².